The highest BCUT2D eigenvalue weighted by atomic mass is 32.8. The van der Waals surface area contributed by atoms with Crippen molar-refractivity contribution in [2.24, 2.45) is 0 Å². The largest absolute Gasteiger partial charge is 0.306 e. The van der Waals surface area contributed by atoms with Crippen LogP contribution in [0.5, 0.6) is 0 Å². The van der Waals surface area contributed by atoms with Crippen molar-refractivity contribution in [3.8, 4) is 0 Å². The summed E-state index contributed by atoms with van der Waals surface area (Å²) >= 11 is 5.41. The van der Waals surface area contributed by atoms with Crippen molar-refractivity contribution in [3.05, 3.63) is 0 Å². The van der Waals surface area contributed by atoms with Gasteiger partial charge in [0.2, 0.25) is 0 Å². The molecule has 0 aromatic carbocycles. The molecule has 1 atom stereocenters. The molecule has 1 aliphatic rings. The molecule has 0 heterocycles. The molecule has 0 N–H and O–H groups in total. The molecule has 0 bridgehead atoms. The second kappa shape index (κ2) is 4.85. The summed E-state index contributed by atoms with van der Waals surface area (Å²) in [4.78, 5) is 0. The quantitative estimate of drug-likeness (QED) is 0.707. The van der Waals surface area contributed by atoms with Gasteiger partial charge in [0.05, 0.1) is 5.60 Å². The van der Waals surface area contributed by atoms with Crippen LogP contribution in [0.2, 0.25) is 0 Å². The minimum atomic E-state index is -0.243. The Morgan fingerprint density at radius 2 is 1.69 bits per heavy atom. The van der Waals surface area contributed by atoms with Gasteiger partial charge in [-0.1, -0.05) is 19.3 Å². The number of hydrogen-bond donors (Lipinski definition) is 0. The van der Waals surface area contributed by atoms with Gasteiger partial charge in [-0.3, -0.25) is 0 Å². The Kier molecular flexibility index (Phi) is 4.33. The van der Waals surface area contributed by atoms with Gasteiger partial charge in [-0.25, -0.2) is 0 Å². The maximum Gasteiger partial charge on any atom is 0.0748 e. The molecule has 0 aromatic heterocycles. The first-order chi connectivity index (χ1) is 5.99. The minimum absolute atomic E-state index is 0.0672. The zero-order chi connectivity index (χ0) is 9.90. The smallest absolute Gasteiger partial charge is 0.0748 e. The molecule has 1 fully saturated rings. The Hall–Kier alpha value is 0.530. The molecule has 0 radical (unpaired) electrons. The highest BCUT2D eigenvalue weighted by Gasteiger charge is 2.21. The van der Waals surface area contributed by atoms with Crippen molar-refractivity contribution < 1.29 is 4.18 Å². The van der Waals surface area contributed by atoms with Gasteiger partial charge in [0.1, 0.15) is 0 Å². The summed E-state index contributed by atoms with van der Waals surface area (Å²) in [5.74, 6) is 0. The third-order valence-corrected chi connectivity index (χ3v) is 4.86. The zero-order valence-electron chi connectivity index (χ0n) is 8.84. The molecule has 1 saturated carbocycles. The fraction of sp³-hybridized carbons (Fsp3) is 1.00. The van der Waals surface area contributed by atoms with Gasteiger partial charge in [0, 0.05) is 15.0 Å². The van der Waals surface area contributed by atoms with E-state index in [1.807, 2.05) is 0 Å². The monoisotopic (exact) mass is 220 g/mol. The van der Waals surface area contributed by atoms with Gasteiger partial charge >= 0.3 is 0 Å². The molecular formula is C10H20OS2. The Labute approximate surface area is 89.0 Å². The van der Waals surface area contributed by atoms with E-state index < -0.39 is 0 Å². The molecule has 1 rings (SSSR count). The van der Waals surface area contributed by atoms with Crippen LogP contribution >= 0.6 is 0 Å². The molecule has 0 saturated heterocycles. The Balaban J connectivity index is 2.38. The average molecular weight is 220 g/mol. The van der Waals surface area contributed by atoms with E-state index >= 15 is 0 Å². The molecular weight excluding hydrogens is 200 g/mol. The summed E-state index contributed by atoms with van der Waals surface area (Å²) < 4.78 is 5.82. The predicted octanol–water partition coefficient (Wildman–Crippen LogP) is 3.13. The highest BCUT2D eigenvalue weighted by Crippen LogP contribution is 2.25. The minimum Gasteiger partial charge on any atom is -0.306 e. The molecule has 0 amide bonds. The van der Waals surface area contributed by atoms with Crippen molar-refractivity contribution in [1.82, 2.24) is 0 Å². The first-order valence-electron chi connectivity index (χ1n) is 5.09. The lowest BCUT2D eigenvalue weighted by atomic mass is 10.0. The molecule has 0 aliphatic heterocycles. The average Bonchev–Trinajstić information content (AvgIpc) is 2.03. The summed E-state index contributed by atoms with van der Waals surface area (Å²) in [5, 5.41) is 0.656. The number of rotatable bonds is 2. The van der Waals surface area contributed by atoms with E-state index in [9.17, 15) is 0 Å². The Bertz CT molecular complexity index is 178. The molecule has 1 unspecified atom stereocenters. The van der Waals surface area contributed by atoms with Crippen molar-refractivity contribution >= 4 is 20.9 Å². The summed E-state index contributed by atoms with van der Waals surface area (Å²) in [6, 6.07) is 0. The second-order valence-electron chi connectivity index (χ2n) is 4.72. The highest BCUT2D eigenvalue weighted by molar-refractivity contribution is 8.26. The van der Waals surface area contributed by atoms with Crippen molar-refractivity contribution in [2.75, 3.05) is 0 Å². The van der Waals surface area contributed by atoms with Crippen LogP contribution < -0.4 is 0 Å². The molecule has 0 spiro atoms. The van der Waals surface area contributed by atoms with Crippen LogP contribution in [0, 0.1) is 0 Å². The third-order valence-electron chi connectivity index (χ3n) is 2.16. The first kappa shape index (κ1) is 11.6. The van der Waals surface area contributed by atoms with Gasteiger partial charge in [0.25, 0.3) is 0 Å². The Morgan fingerprint density at radius 1 is 1.15 bits per heavy atom. The van der Waals surface area contributed by atoms with Crippen LogP contribution in [0.3, 0.4) is 0 Å². The molecule has 13 heavy (non-hydrogen) atoms. The second-order valence-corrected chi connectivity index (χ2v) is 7.06. The summed E-state index contributed by atoms with van der Waals surface area (Å²) in [6.07, 6.45) is 6.64. The third kappa shape index (κ3) is 4.52. The SMILES string of the molecule is CC(C)(C)OS(=S)C1CCCCC1. The lowest BCUT2D eigenvalue weighted by molar-refractivity contribution is 0.158. The van der Waals surface area contributed by atoms with Crippen molar-refractivity contribution in [1.29, 1.82) is 0 Å². The Morgan fingerprint density at radius 3 is 2.15 bits per heavy atom. The van der Waals surface area contributed by atoms with E-state index in [1.165, 1.54) is 32.1 Å². The van der Waals surface area contributed by atoms with Gasteiger partial charge in [-0.05, 0) is 44.8 Å². The van der Waals surface area contributed by atoms with Crippen LogP contribution in [0.15, 0.2) is 0 Å². The maximum absolute atomic E-state index is 5.82. The van der Waals surface area contributed by atoms with Gasteiger partial charge in [-0.15, -0.1) is 0 Å². The van der Waals surface area contributed by atoms with E-state index in [-0.39, 0.29) is 15.3 Å². The van der Waals surface area contributed by atoms with E-state index in [4.69, 9.17) is 15.4 Å². The van der Waals surface area contributed by atoms with Gasteiger partial charge < -0.3 is 4.18 Å². The molecule has 0 aromatic rings. The lowest BCUT2D eigenvalue weighted by Crippen LogP contribution is -2.27. The molecule has 1 nitrogen and oxygen atoms in total. The fourth-order valence-corrected chi connectivity index (χ4v) is 4.11. The van der Waals surface area contributed by atoms with Gasteiger partial charge in [-0.2, -0.15) is 0 Å². The van der Waals surface area contributed by atoms with Crippen LogP contribution in [-0.4, -0.2) is 10.9 Å². The summed E-state index contributed by atoms with van der Waals surface area (Å²) in [7, 11) is -0.243. The van der Waals surface area contributed by atoms with Crippen molar-refractivity contribution in [3.63, 3.8) is 0 Å². The normalized spacial score (nSPS) is 23.0. The van der Waals surface area contributed by atoms with Gasteiger partial charge in [0.15, 0.2) is 0 Å². The first-order valence-corrected chi connectivity index (χ1v) is 7.23. The number of hydrogen-bond acceptors (Lipinski definition) is 2. The van der Waals surface area contributed by atoms with Crippen LogP contribution in [0.25, 0.3) is 0 Å². The maximum atomic E-state index is 5.82. The van der Waals surface area contributed by atoms with E-state index in [2.05, 4.69) is 20.8 Å². The summed E-state index contributed by atoms with van der Waals surface area (Å²) in [6.45, 7) is 6.26. The predicted molar refractivity (Wildman–Crippen MR) is 62.4 cm³/mol. The van der Waals surface area contributed by atoms with Crippen LogP contribution in [0.1, 0.15) is 52.9 Å². The fourth-order valence-electron chi connectivity index (χ4n) is 1.57. The van der Waals surface area contributed by atoms with E-state index in [0.717, 1.165) is 0 Å². The lowest BCUT2D eigenvalue weighted by Gasteiger charge is -2.27. The summed E-state index contributed by atoms with van der Waals surface area (Å²) in [5.41, 5.74) is -0.0672. The van der Waals surface area contributed by atoms with E-state index in [1.54, 1.807) is 0 Å². The topological polar surface area (TPSA) is 9.23 Å². The van der Waals surface area contributed by atoms with Crippen molar-refractivity contribution in [2.45, 2.75) is 63.7 Å². The zero-order valence-corrected chi connectivity index (χ0v) is 10.5. The van der Waals surface area contributed by atoms with Crippen LogP contribution in [0.4, 0.5) is 0 Å². The standard InChI is InChI=1S/C10H20OS2/c1-10(2,3)11-13(12)9-7-5-4-6-8-9/h9H,4-8H2,1-3H3. The molecule has 1 aliphatic carbocycles. The molecule has 78 valence electrons. The van der Waals surface area contributed by atoms with E-state index in [0.29, 0.717) is 5.25 Å². The van der Waals surface area contributed by atoms with Crippen LogP contribution in [-0.2, 0) is 25.1 Å². The molecule has 3 heteroatoms.